The molecule has 164 valence electrons. The lowest BCUT2D eigenvalue weighted by atomic mass is 9.66. The lowest BCUT2D eigenvalue weighted by molar-refractivity contribution is -0.146. The van der Waals surface area contributed by atoms with Gasteiger partial charge in [0.25, 0.3) is 0 Å². The van der Waals surface area contributed by atoms with E-state index in [0.717, 1.165) is 25.8 Å². The molecule has 0 bridgehead atoms. The molecule has 6 nitrogen and oxygen atoms in total. The van der Waals surface area contributed by atoms with Crippen molar-refractivity contribution in [2.75, 3.05) is 6.73 Å². The van der Waals surface area contributed by atoms with Crippen LogP contribution in [0.25, 0.3) is 11.1 Å². The molecule has 0 spiro atoms. The Bertz CT molecular complexity index is 856. The maximum absolute atomic E-state index is 12.5. The molecule has 0 aromatic heterocycles. The summed E-state index contributed by atoms with van der Waals surface area (Å²) in [4.78, 5) is 12.5. The van der Waals surface area contributed by atoms with Crippen molar-refractivity contribution in [2.45, 2.75) is 56.5 Å². The standard InChI is InChI=1S/C24H31BN2O4/c28-23-24(27-17-31-23,12-4-5-13-25(29)30)21-14-22(15-21)26-16-18-8-10-20(11-9-18)19-6-2-1-3-7-19/h1-3,6-11,21-22,26-27,29-30H,4-5,12-17H2. The topological polar surface area (TPSA) is 90.8 Å². The zero-order chi connectivity index (χ0) is 21.7. The van der Waals surface area contributed by atoms with Gasteiger partial charge >= 0.3 is 13.1 Å². The third-order valence-corrected chi connectivity index (χ3v) is 6.73. The number of hydrogen-bond acceptors (Lipinski definition) is 6. The molecular formula is C24H31BN2O4. The smallest absolute Gasteiger partial charge is 0.448 e. The predicted molar refractivity (Wildman–Crippen MR) is 121 cm³/mol. The van der Waals surface area contributed by atoms with Gasteiger partial charge in [-0.05, 0) is 48.2 Å². The normalized spacial score (nSPS) is 25.2. The Kier molecular flexibility index (Phi) is 7.08. The summed E-state index contributed by atoms with van der Waals surface area (Å²) in [6.45, 7) is 1.08. The van der Waals surface area contributed by atoms with Crippen LogP contribution in [0.15, 0.2) is 54.6 Å². The van der Waals surface area contributed by atoms with Gasteiger partial charge in [0.1, 0.15) is 12.3 Å². The average molecular weight is 422 g/mol. The molecule has 1 saturated carbocycles. The van der Waals surface area contributed by atoms with E-state index in [1.807, 2.05) is 6.07 Å². The highest BCUT2D eigenvalue weighted by Crippen LogP contribution is 2.42. The monoisotopic (exact) mass is 422 g/mol. The lowest BCUT2D eigenvalue weighted by Gasteiger charge is -2.45. The molecule has 2 aromatic rings. The van der Waals surface area contributed by atoms with Crippen molar-refractivity contribution >= 4 is 13.1 Å². The SMILES string of the molecule is O=C1OCNC1(CCCCB(O)O)C1CC(NCc2ccc(-c3ccccc3)cc2)C1. The first-order chi connectivity index (χ1) is 15.1. The second-order valence-electron chi connectivity index (χ2n) is 8.76. The van der Waals surface area contributed by atoms with E-state index in [9.17, 15) is 4.79 Å². The van der Waals surface area contributed by atoms with Gasteiger partial charge in [0.15, 0.2) is 0 Å². The Morgan fingerprint density at radius 3 is 2.39 bits per heavy atom. The van der Waals surface area contributed by atoms with Crippen LogP contribution in [0.4, 0.5) is 0 Å². The number of hydrogen-bond donors (Lipinski definition) is 4. The van der Waals surface area contributed by atoms with Crippen LogP contribution in [-0.2, 0) is 16.1 Å². The number of carbonyl (C=O) groups is 1. The molecule has 2 aromatic carbocycles. The van der Waals surface area contributed by atoms with E-state index in [4.69, 9.17) is 14.8 Å². The van der Waals surface area contributed by atoms with Crippen molar-refractivity contribution in [1.29, 1.82) is 0 Å². The van der Waals surface area contributed by atoms with Crippen LogP contribution in [0.2, 0.25) is 6.32 Å². The maximum Gasteiger partial charge on any atom is 0.451 e. The Morgan fingerprint density at radius 2 is 1.74 bits per heavy atom. The molecule has 1 aliphatic carbocycles. The Morgan fingerprint density at radius 1 is 1.03 bits per heavy atom. The third-order valence-electron chi connectivity index (χ3n) is 6.73. The fourth-order valence-corrected chi connectivity index (χ4v) is 4.76. The molecule has 1 heterocycles. The van der Waals surface area contributed by atoms with Crippen molar-refractivity contribution < 1.29 is 19.6 Å². The molecule has 0 radical (unpaired) electrons. The molecule has 1 unspecified atom stereocenters. The number of ether oxygens (including phenoxy) is 1. The zero-order valence-corrected chi connectivity index (χ0v) is 17.8. The molecule has 2 aliphatic rings. The zero-order valence-electron chi connectivity index (χ0n) is 17.8. The predicted octanol–water partition coefficient (Wildman–Crippen LogP) is 2.71. The third kappa shape index (κ3) is 5.18. The summed E-state index contributed by atoms with van der Waals surface area (Å²) in [5.41, 5.74) is 3.07. The van der Waals surface area contributed by atoms with E-state index in [0.29, 0.717) is 25.2 Å². The quantitative estimate of drug-likeness (QED) is 0.268. The lowest BCUT2D eigenvalue weighted by Crippen LogP contribution is -2.59. The largest absolute Gasteiger partial charge is 0.451 e. The van der Waals surface area contributed by atoms with E-state index in [-0.39, 0.29) is 18.6 Å². The first-order valence-corrected chi connectivity index (χ1v) is 11.2. The van der Waals surface area contributed by atoms with Crippen LogP contribution in [0.5, 0.6) is 0 Å². The second-order valence-corrected chi connectivity index (χ2v) is 8.76. The molecule has 4 rings (SSSR count). The first-order valence-electron chi connectivity index (χ1n) is 11.2. The summed E-state index contributed by atoms with van der Waals surface area (Å²) in [5, 5.41) is 25.0. The minimum absolute atomic E-state index is 0.156. The van der Waals surface area contributed by atoms with E-state index >= 15 is 0 Å². The summed E-state index contributed by atoms with van der Waals surface area (Å²) in [7, 11) is -1.28. The summed E-state index contributed by atoms with van der Waals surface area (Å²) in [5.74, 6) is 0.0940. The summed E-state index contributed by atoms with van der Waals surface area (Å²) in [6.07, 6.45) is 4.34. The van der Waals surface area contributed by atoms with Crippen LogP contribution in [0, 0.1) is 5.92 Å². The van der Waals surface area contributed by atoms with E-state index in [1.165, 1.54) is 16.7 Å². The van der Waals surface area contributed by atoms with Gasteiger partial charge in [-0.2, -0.15) is 0 Å². The number of carbonyl (C=O) groups excluding carboxylic acids is 1. The molecule has 7 heteroatoms. The van der Waals surface area contributed by atoms with Gasteiger partial charge < -0.3 is 20.1 Å². The molecule has 0 amide bonds. The number of nitrogens with one attached hydrogen (secondary N) is 2. The highest BCUT2D eigenvalue weighted by Gasteiger charge is 2.54. The molecule has 1 atom stereocenters. The van der Waals surface area contributed by atoms with Crippen LogP contribution in [0.3, 0.4) is 0 Å². The first kappa shape index (κ1) is 22.0. The number of unbranched alkanes of at least 4 members (excludes halogenated alkanes) is 1. The maximum atomic E-state index is 12.5. The van der Waals surface area contributed by atoms with Crippen LogP contribution in [-0.4, -0.2) is 41.4 Å². The summed E-state index contributed by atoms with van der Waals surface area (Å²) < 4.78 is 5.25. The van der Waals surface area contributed by atoms with E-state index in [2.05, 4.69) is 59.2 Å². The minimum atomic E-state index is -1.28. The van der Waals surface area contributed by atoms with Crippen LogP contribution < -0.4 is 10.6 Å². The fraction of sp³-hybridized carbons (Fsp3) is 0.458. The number of benzene rings is 2. The molecule has 4 N–H and O–H groups in total. The van der Waals surface area contributed by atoms with Gasteiger partial charge in [0.2, 0.25) is 0 Å². The number of rotatable bonds is 10. The van der Waals surface area contributed by atoms with Crippen molar-refractivity contribution in [3.05, 3.63) is 60.2 Å². The molecule has 2 fully saturated rings. The number of esters is 1. The summed E-state index contributed by atoms with van der Waals surface area (Å²) >= 11 is 0. The second kappa shape index (κ2) is 9.96. The van der Waals surface area contributed by atoms with Gasteiger partial charge in [-0.3, -0.25) is 5.32 Å². The van der Waals surface area contributed by atoms with Gasteiger partial charge in [0, 0.05) is 12.6 Å². The number of cyclic esters (lactones) is 1. The molecule has 1 aliphatic heterocycles. The van der Waals surface area contributed by atoms with Crippen molar-refractivity contribution in [1.82, 2.24) is 10.6 Å². The summed E-state index contributed by atoms with van der Waals surface area (Å²) in [6, 6.07) is 19.4. The van der Waals surface area contributed by atoms with Gasteiger partial charge in [0.05, 0.1) is 0 Å². The minimum Gasteiger partial charge on any atom is -0.448 e. The Balaban J connectivity index is 1.25. The van der Waals surface area contributed by atoms with E-state index in [1.54, 1.807) is 0 Å². The van der Waals surface area contributed by atoms with Crippen molar-refractivity contribution in [3.8, 4) is 11.1 Å². The molecule has 1 saturated heterocycles. The van der Waals surface area contributed by atoms with Gasteiger partial charge in [-0.1, -0.05) is 67.4 Å². The molecular weight excluding hydrogens is 391 g/mol. The van der Waals surface area contributed by atoms with Gasteiger partial charge in [-0.15, -0.1) is 0 Å². The highest BCUT2D eigenvalue weighted by atomic mass is 16.6. The van der Waals surface area contributed by atoms with Crippen molar-refractivity contribution in [2.24, 2.45) is 5.92 Å². The molecule has 31 heavy (non-hydrogen) atoms. The van der Waals surface area contributed by atoms with Crippen molar-refractivity contribution in [3.63, 3.8) is 0 Å². The van der Waals surface area contributed by atoms with E-state index < -0.39 is 12.7 Å². The fourth-order valence-electron chi connectivity index (χ4n) is 4.76. The Hall–Kier alpha value is -2.19. The average Bonchev–Trinajstić information content (AvgIpc) is 3.12. The highest BCUT2D eigenvalue weighted by molar-refractivity contribution is 6.40. The van der Waals surface area contributed by atoms with Gasteiger partial charge in [-0.25, -0.2) is 4.79 Å². The Labute approximate surface area is 184 Å². The van der Waals surface area contributed by atoms with Crippen LogP contribution in [0.1, 0.15) is 37.7 Å². The van der Waals surface area contributed by atoms with Crippen LogP contribution >= 0.6 is 0 Å².